The van der Waals surface area contributed by atoms with Gasteiger partial charge in [-0.3, -0.25) is 29.6 Å². The van der Waals surface area contributed by atoms with E-state index in [0.717, 1.165) is 59.2 Å². The molecule has 4 aromatic rings. The standard InChI is InChI=1S/C59H69N5O13S2Si/c1-9-30-62-48-25-27-57(38-50(66)75-35-36-80(6,7)8)26-14-31-61-32-28-59(48,56(57)61)42-37-43(53(76-34-10-2)54(74-5)52(42)62)58-29-33-63(78(69,70)47-18-12-11-16-44(47)64(67)68)45(23-24-49(65)73-4)55(58)60-51-41(58)15-13-17-46(51)77-79(71,72)40-21-19-39(3)20-22-40/h9-13,15-22,25,27,37,45,48,56H,1-2,14,23-24,26,28-36,38H2,3-8H3/t45-,48-,56-,57-,58-,59-/m1/s1. The van der Waals surface area contributed by atoms with E-state index in [0.29, 0.717) is 36.4 Å². The number of hydrogen-bond acceptors (Lipinski definition) is 16. The summed E-state index contributed by atoms with van der Waals surface area (Å²) in [5.41, 5.74) is 0.325. The van der Waals surface area contributed by atoms with Gasteiger partial charge in [-0.15, -0.1) is 6.58 Å². The van der Waals surface area contributed by atoms with Crippen molar-refractivity contribution in [1.29, 1.82) is 0 Å². The number of esters is 2. The highest BCUT2D eigenvalue weighted by atomic mass is 32.2. The van der Waals surface area contributed by atoms with Gasteiger partial charge < -0.3 is 28.0 Å². The molecule has 4 aromatic carbocycles. The van der Waals surface area contributed by atoms with Gasteiger partial charge in [-0.25, -0.2) is 8.42 Å². The molecule has 5 aliphatic heterocycles. The molecule has 5 heterocycles. The van der Waals surface area contributed by atoms with Crippen LogP contribution in [0.4, 0.5) is 17.1 Å². The number of methoxy groups -OCH3 is 2. The number of carbonyl (C=O) groups excluding carboxylic acids is 2. The molecule has 6 atom stereocenters. The average molecular weight is 1150 g/mol. The number of carbonyl (C=O) groups is 2. The number of nitro benzene ring substituents is 1. The average Bonchev–Trinajstić information content (AvgIpc) is 3.76. The molecule has 0 aromatic heterocycles. The molecule has 0 saturated carbocycles. The van der Waals surface area contributed by atoms with Gasteiger partial charge in [-0.05, 0) is 99.6 Å². The Balaban J connectivity index is 1.24. The highest BCUT2D eigenvalue weighted by molar-refractivity contribution is 7.89. The Morgan fingerprint density at radius 2 is 1.66 bits per heavy atom. The first-order valence-corrected chi connectivity index (χ1v) is 33.7. The molecule has 0 unspecified atom stereocenters. The summed E-state index contributed by atoms with van der Waals surface area (Å²) >= 11 is 0. The molecule has 10 rings (SSSR count). The predicted molar refractivity (Wildman–Crippen MR) is 306 cm³/mol. The van der Waals surface area contributed by atoms with Crippen molar-refractivity contribution in [3.8, 4) is 17.2 Å². The fraction of sp³-hybridized carbons (Fsp3) is 0.441. The van der Waals surface area contributed by atoms with Crippen LogP contribution < -0.4 is 18.6 Å². The number of rotatable bonds is 21. The molecular formula is C59H69N5O13S2Si. The zero-order valence-electron chi connectivity index (χ0n) is 46.1. The Morgan fingerprint density at radius 1 is 0.900 bits per heavy atom. The van der Waals surface area contributed by atoms with Gasteiger partial charge in [0.2, 0.25) is 0 Å². The Kier molecular flexibility index (Phi) is 15.1. The maximum atomic E-state index is 15.4. The Labute approximate surface area is 469 Å². The zero-order valence-corrected chi connectivity index (χ0v) is 48.8. The normalized spacial score (nSPS) is 24.8. The number of fused-ring (bicyclic) bond motifs is 4. The van der Waals surface area contributed by atoms with Gasteiger partial charge in [0.15, 0.2) is 22.1 Å². The van der Waals surface area contributed by atoms with E-state index >= 15 is 8.42 Å². The van der Waals surface area contributed by atoms with Crippen LogP contribution in [0.2, 0.25) is 25.7 Å². The molecule has 0 bridgehead atoms. The van der Waals surface area contributed by atoms with Crippen LogP contribution in [0.25, 0.3) is 0 Å². The lowest BCUT2D eigenvalue weighted by Gasteiger charge is -2.55. The van der Waals surface area contributed by atoms with Gasteiger partial charge in [0.25, 0.3) is 15.7 Å². The number of sulfonamides is 1. The van der Waals surface area contributed by atoms with E-state index in [1.807, 2.05) is 19.1 Å². The first-order chi connectivity index (χ1) is 38.1. The number of aliphatic imine (C=N–C) groups is 1. The number of para-hydroxylation sites is 2. The van der Waals surface area contributed by atoms with E-state index in [-0.39, 0.29) is 84.7 Å². The van der Waals surface area contributed by atoms with Crippen molar-refractivity contribution in [3.63, 3.8) is 0 Å². The SMILES string of the molecule is C=CCOc1c([C@]23CCN(S(=O)(=O)c4ccccc4[N+](=O)[O-])[C@H](CCC(=O)OC)C2=Nc2c(OS(=O)(=O)c4ccc(C)cc4)cccc23)cc2c(c1OC)N(CC=C)[C@@H]1C=C[C@@]3(CC(=O)OCC[Si](C)(C)C)CCCN4CC[C@@]21[C@H]43. The van der Waals surface area contributed by atoms with E-state index in [1.54, 1.807) is 31.4 Å². The van der Waals surface area contributed by atoms with Crippen LogP contribution >= 0.6 is 0 Å². The Bertz CT molecular complexity index is 3470. The molecule has 1 spiro atoms. The molecule has 3 saturated heterocycles. The fourth-order valence-corrected chi connectivity index (χ4v) is 17.3. The second-order valence-corrected chi connectivity index (χ2v) is 32.0. The first-order valence-electron chi connectivity index (χ1n) is 27.1. The summed E-state index contributed by atoms with van der Waals surface area (Å²) in [4.78, 5) is 48.8. The van der Waals surface area contributed by atoms with Crippen molar-refractivity contribution < 1.29 is 54.5 Å². The fourth-order valence-electron chi connectivity index (χ4n) is 13.9. The lowest BCUT2D eigenvalue weighted by molar-refractivity contribution is -0.387. The second kappa shape index (κ2) is 21.3. The molecule has 424 valence electrons. The molecule has 80 heavy (non-hydrogen) atoms. The van der Waals surface area contributed by atoms with E-state index in [4.69, 9.17) is 28.1 Å². The lowest BCUT2D eigenvalue weighted by atomic mass is 9.54. The second-order valence-electron chi connectivity index (χ2n) is 22.9. The van der Waals surface area contributed by atoms with Gasteiger partial charge in [-0.1, -0.05) is 92.5 Å². The van der Waals surface area contributed by atoms with Gasteiger partial charge in [0.05, 0.1) is 61.1 Å². The largest absolute Gasteiger partial charge is 0.491 e. The van der Waals surface area contributed by atoms with E-state index in [2.05, 4.69) is 60.8 Å². The van der Waals surface area contributed by atoms with Crippen molar-refractivity contribution in [2.24, 2.45) is 10.4 Å². The lowest BCUT2D eigenvalue weighted by Crippen LogP contribution is -2.63. The summed E-state index contributed by atoms with van der Waals surface area (Å²) in [5, 5.41) is 12.6. The smallest absolute Gasteiger partial charge is 0.339 e. The van der Waals surface area contributed by atoms with Gasteiger partial charge in [0, 0.05) is 56.1 Å². The van der Waals surface area contributed by atoms with Crippen LogP contribution in [-0.4, -0.2) is 128 Å². The van der Waals surface area contributed by atoms with Crippen molar-refractivity contribution in [2.75, 3.05) is 58.5 Å². The van der Waals surface area contributed by atoms with Crippen LogP contribution in [0.15, 0.2) is 125 Å². The minimum atomic E-state index is -4.79. The molecular weight excluding hydrogens is 1080 g/mol. The third-order valence-corrected chi connectivity index (χ3v) is 22.1. The number of benzene rings is 4. The number of hydrogen-bond donors (Lipinski definition) is 0. The molecule has 6 aliphatic rings. The van der Waals surface area contributed by atoms with E-state index in [1.165, 1.54) is 43.5 Å². The summed E-state index contributed by atoms with van der Waals surface area (Å²) in [6.45, 7) is 18.8. The predicted octanol–water partition coefficient (Wildman–Crippen LogP) is 9.34. The molecule has 0 amide bonds. The van der Waals surface area contributed by atoms with Crippen LogP contribution in [0, 0.1) is 22.5 Å². The molecule has 3 fully saturated rings. The van der Waals surface area contributed by atoms with Gasteiger partial charge in [-0.2, -0.15) is 12.7 Å². The minimum absolute atomic E-state index is 0.00524. The number of piperidine rings is 2. The summed E-state index contributed by atoms with van der Waals surface area (Å²) in [7, 11) is -8.02. The molecule has 18 nitrogen and oxygen atoms in total. The molecule has 0 N–H and O–H groups in total. The molecule has 1 aliphatic carbocycles. The van der Waals surface area contributed by atoms with Crippen molar-refractivity contribution in [3.05, 3.63) is 143 Å². The summed E-state index contributed by atoms with van der Waals surface area (Å²) < 4.78 is 91.3. The quantitative estimate of drug-likeness (QED) is 0.0190. The first kappa shape index (κ1) is 56.6. The molecule has 0 radical (unpaired) electrons. The van der Waals surface area contributed by atoms with Crippen molar-refractivity contribution >= 4 is 62.9 Å². The zero-order chi connectivity index (χ0) is 57.2. The maximum Gasteiger partial charge on any atom is 0.339 e. The van der Waals surface area contributed by atoms with E-state index in [9.17, 15) is 28.1 Å². The minimum Gasteiger partial charge on any atom is -0.491 e. The van der Waals surface area contributed by atoms with Gasteiger partial charge in [0.1, 0.15) is 17.2 Å². The number of nitrogens with zero attached hydrogens (tertiary/aromatic N) is 5. The number of aryl methyl sites for hydroxylation is 1. The highest BCUT2D eigenvalue weighted by Crippen LogP contribution is 2.68. The Hall–Kier alpha value is -6.65. The monoisotopic (exact) mass is 1150 g/mol. The summed E-state index contributed by atoms with van der Waals surface area (Å²) in [6, 6.07) is 17.5. The van der Waals surface area contributed by atoms with Crippen LogP contribution in [-0.2, 0) is 50.0 Å². The summed E-state index contributed by atoms with van der Waals surface area (Å²) in [6.07, 6.45) is 9.87. The van der Waals surface area contributed by atoms with Crippen molar-refractivity contribution in [2.45, 2.75) is 116 Å². The van der Waals surface area contributed by atoms with Crippen LogP contribution in [0.1, 0.15) is 67.2 Å². The Morgan fingerprint density at radius 3 is 2.36 bits per heavy atom. The third-order valence-electron chi connectivity index (χ3n) is 17.2. The number of anilines is 1. The maximum absolute atomic E-state index is 15.4. The summed E-state index contributed by atoms with van der Waals surface area (Å²) in [5.74, 6) is -0.373. The number of nitro groups is 1. The van der Waals surface area contributed by atoms with Crippen molar-refractivity contribution in [1.82, 2.24) is 9.21 Å². The number of ether oxygens (including phenoxy) is 4. The topological polar surface area (TPSA) is 214 Å². The van der Waals surface area contributed by atoms with Crippen LogP contribution in [0.3, 0.4) is 0 Å². The third kappa shape index (κ3) is 9.35. The van der Waals surface area contributed by atoms with Crippen LogP contribution in [0.5, 0.6) is 17.2 Å². The van der Waals surface area contributed by atoms with E-state index < -0.39 is 72.0 Å². The van der Waals surface area contributed by atoms with Gasteiger partial charge >= 0.3 is 22.1 Å². The highest BCUT2D eigenvalue weighted by Gasteiger charge is 2.68. The molecule has 21 heteroatoms.